The molecule has 1 unspecified atom stereocenters. The van der Waals surface area contributed by atoms with Crippen LogP contribution < -0.4 is 0 Å². The number of allylic oxidation sites excluding steroid dienone is 3. The molecule has 0 aromatic rings. The molecule has 0 bridgehead atoms. The summed E-state index contributed by atoms with van der Waals surface area (Å²) < 4.78 is 0. The average molecular weight is 214 g/mol. The molecule has 0 amide bonds. The van der Waals surface area contributed by atoms with Gasteiger partial charge < -0.3 is 5.11 Å². The Bertz CT molecular complexity index is 420. The predicted molar refractivity (Wildman–Crippen MR) is 58.9 cm³/mol. The maximum absolute atomic E-state index is 9.69. The van der Waals surface area contributed by atoms with Crippen molar-refractivity contribution in [1.82, 2.24) is 0 Å². The van der Waals surface area contributed by atoms with E-state index >= 15 is 0 Å². The summed E-state index contributed by atoms with van der Waals surface area (Å²) in [4.78, 5) is 0. The lowest BCUT2D eigenvalue weighted by molar-refractivity contribution is 0.153. The molecule has 16 heavy (non-hydrogen) atoms. The smallest absolute Gasteiger partial charge is 0.168 e. The zero-order valence-corrected chi connectivity index (χ0v) is 9.11. The lowest BCUT2D eigenvalue weighted by Crippen LogP contribution is -2.26. The van der Waals surface area contributed by atoms with Crippen LogP contribution in [0.15, 0.2) is 23.3 Å². The SMILES string of the molecule is N#CC1(C#N)CC=CCC2=C1CC(O)CC2. The average Bonchev–Trinajstić information content (AvgIpc) is 2.49. The molecule has 0 saturated carbocycles. The largest absolute Gasteiger partial charge is 0.393 e. The minimum Gasteiger partial charge on any atom is -0.393 e. The van der Waals surface area contributed by atoms with Crippen molar-refractivity contribution in [2.75, 3.05) is 0 Å². The summed E-state index contributed by atoms with van der Waals surface area (Å²) in [6.07, 6.45) is 6.88. The van der Waals surface area contributed by atoms with E-state index in [1.807, 2.05) is 12.2 Å². The van der Waals surface area contributed by atoms with Crippen molar-refractivity contribution < 1.29 is 5.11 Å². The van der Waals surface area contributed by atoms with Gasteiger partial charge in [-0.2, -0.15) is 10.5 Å². The van der Waals surface area contributed by atoms with E-state index in [-0.39, 0.29) is 0 Å². The standard InChI is InChI=1S/C13H14N2O/c14-8-13(9-15)6-2-1-3-10-4-5-11(16)7-12(10)13/h1-2,11,16H,3-7H2. The third-order valence-corrected chi connectivity index (χ3v) is 3.50. The summed E-state index contributed by atoms with van der Waals surface area (Å²) in [5.41, 5.74) is 1.02. The number of hydrogen-bond donors (Lipinski definition) is 1. The van der Waals surface area contributed by atoms with Crippen LogP contribution in [0.2, 0.25) is 0 Å². The van der Waals surface area contributed by atoms with Crippen LogP contribution in [0.4, 0.5) is 0 Å². The highest BCUT2D eigenvalue weighted by atomic mass is 16.3. The second-order valence-corrected chi connectivity index (χ2v) is 4.49. The Hall–Kier alpha value is -1.58. The van der Waals surface area contributed by atoms with Gasteiger partial charge in [0.15, 0.2) is 5.41 Å². The molecule has 0 spiro atoms. The van der Waals surface area contributed by atoms with Gasteiger partial charge in [-0.15, -0.1) is 0 Å². The second kappa shape index (κ2) is 4.12. The van der Waals surface area contributed by atoms with Crippen molar-refractivity contribution in [1.29, 1.82) is 10.5 Å². The Balaban J connectivity index is 2.49. The van der Waals surface area contributed by atoms with E-state index in [1.165, 1.54) is 5.57 Å². The number of aliphatic hydroxyl groups excluding tert-OH is 1. The molecule has 0 aromatic carbocycles. The highest BCUT2D eigenvalue weighted by Crippen LogP contribution is 2.43. The number of nitriles is 2. The second-order valence-electron chi connectivity index (χ2n) is 4.49. The van der Waals surface area contributed by atoms with Gasteiger partial charge in [0.1, 0.15) is 0 Å². The molecule has 0 heterocycles. The van der Waals surface area contributed by atoms with Crippen LogP contribution in [0.1, 0.15) is 32.1 Å². The first-order chi connectivity index (χ1) is 7.72. The predicted octanol–water partition coefficient (Wildman–Crippen LogP) is 2.21. The lowest BCUT2D eigenvalue weighted by atomic mass is 9.72. The summed E-state index contributed by atoms with van der Waals surface area (Å²) >= 11 is 0. The Morgan fingerprint density at radius 3 is 2.75 bits per heavy atom. The van der Waals surface area contributed by atoms with Crippen molar-refractivity contribution in [3.63, 3.8) is 0 Å². The normalized spacial score (nSPS) is 27.6. The fourth-order valence-corrected chi connectivity index (χ4v) is 2.54. The van der Waals surface area contributed by atoms with Crippen LogP contribution >= 0.6 is 0 Å². The van der Waals surface area contributed by atoms with Crippen molar-refractivity contribution in [2.24, 2.45) is 5.41 Å². The minimum atomic E-state index is -1.04. The van der Waals surface area contributed by atoms with Crippen LogP contribution in [-0.4, -0.2) is 11.2 Å². The number of aliphatic hydroxyl groups is 1. The van der Waals surface area contributed by atoms with Crippen LogP contribution in [0, 0.1) is 28.1 Å². The van der Waals surface area contributed by atoms with Gasteiger partial charge in [-0.3, -0.25) is 0 Å². The molecule has 1 atom stereocenters. The zero-order chi connectivity index (χ0) is 11.6. The first-order valence-corrected chi connectivity index (χ1v) is 5.59. The van der Waals surface area contributed by atoms with Gasteiger partial charge in [-0.05, 0) is 31.3 Å². The molecular formula is C13H14N2O. The number of hydrogen-bond acceptors (Lipinski definition) is 3. The minimum absolute atomic E-state index is 0.391. The first-order valence-electron chi connectivity index (χ1n) is 5.59. The van der Waals surface area contributed by atoms with Gasteiger partial charge in [-0.1, -0.05) is 17.7 Å². The van der Waals surface area contributed by atoms with Crippen LogP contribution in [0.5, 0.6) is 0 Å². The fraction of sp³-hybridized carbons (Fsp3) is 0.538. The first kappa shape index (κ1) is 10.9. The van der Waals surface area contributed by atoms with E-state index in [0.717, 1.165) is 24.8 Å². The third kappa shape index (κ3) is 1.64. The van der Waals surface area contributed by atoms with E-state index in [0.29, 0.717) is 12.8 Å². The Kier molecular flexibility index (Phi) is 2.81. The van der Waals surface area contributed by atoms with Crippen molar-refractivity contribution in [3.8, 4) is 12.1 Å². The lowest BCUT2D eigenvalue weighted by Gasteiger charge is -2.29. The van der Waals surface area contributed by atoms with Crippen LogP contribution in [0.3, 0.4) is 0 Å². The van der Waals surface area contributed by atoms with Crippen LogP contribution in [-0.2, 0) is 0 Å². The Labute approximate surface area is 95.3 Å². The van der Waals surface area contributed by atoms with E-state index in [9.17, 15) is 15.6 Å². The number of nitrogens with zero attached hydrogens (tertiary/aromatic N) is 2. The molecule has 0 fully saturated rings. The zero-order valence-electron chi connectivity index (χ0n) is 9.11. The maximum atomic E-state index is 9.69. The van der Waals surface area contributed by atoms with Gasteiger partial charge >= 0.3 is 0 Å². The van der Waals surface area contributed by atoms with E-state index in [4.69, 9.17) is 0 Å². The van der Waals surface area contributed by atoms with Crippen molar-refractivity contribution in [2.45, 2.75) is 38.2 Å². The molecule has 82 valence electrons. The molecule has 2 aliphatic rings. The van der Waals surface area contributed by atoms with Crippen molar-refractivity contribution in [3.05, 3.63) is 23.3 Å². The highest BCUT2D eigenvalue weighted by Gasteiger charge is 2.39. The maximum Gasteiger partial charge on any atom is 0.168 e. The molecule has 0 aliphatic heterocycles. The molecule has 0 radical (unpaired) electrons. The summed E-state index contributed by atoms with van der Waals surface area (Å²) in [5, 5.41) is 28.2. The van der Waals surface area contributed by atoms with Gasteiger partial charge in [0.25, 0.3) is 0 Å². The number of rotatable bonds is 0. The Morgan fingerprint density at radius 1 is 1.31 bits per heavy atom. The van der Waals surface area contributed by atoms with E-state index in [2.05, 4.69) is 12.1 Å². The molecule has 0 saturated heterocycles. The topological polar surface area (TPSA) is 67.8 Å². The molecule has 3 nitrogen and oxygen atoms in total. The molecule has 0 aromatic heterocycles. The molecule has 3 heteroatoms. The fourth-order valence-electron chi connectivity index (χ4n) is 2.54. The molecular weight excluding hydrogens is 200 g/mol. The van der Waals surface area contributed by atoms with Gasteiger partial charge in [0, 0.05) is 6.42 Å². The van der Waals surface area contributed by atoms with Gasteiger partial charge in [0.2, 0.25) is 0 Å². The quantitative estimate of drug-likeness (QED) is 0.628. The van der Waals surface area contributed by atoms with Crippen LogP contribution in [0.25, 0.3) is 0 Å². The molecule has 2 rings (SSSR count). The summed E-state index contributed by atoms with van der Waals surface area (Å²) in [6, 6.07) is 4.29. The van der Waals surface area contributed by atoms with Gasteiger partial charge in [0.05, 0.1) is 18.2 Å². The molecule has 1 N–H and O–H groups in total. The summed E-state index contributed by atoms with van der Waals surface area (Å²) in [6.45, 7) is 0. The monoisotopic (exact) mass is 214 g/mol. The van der Waals surface area contributed by atoms with E-state index < -0.39 is 11.5 Å². The Morgan fingerprint density at radius 2 is 2.06 bits per heavy atom. The van der Waals surface area contributed by atoms with E-state index in [1.54, 1.807) is 0 Å². The third-order valence-electron chi connectivity index (χ3n) is 3.50. The summed E-state index contributed by atoms with van der Waals surface area (Å²) in [5.74, 6) is 0. The van der Waals surface area contributed by atoms with Crippen molar-refractivity contribution >= 4 is 0 Å². The highest BCUT2D eigenvalue weighted by molar-refractivity contribution is 5.41. The van der Waals surface area contributed by atoms with Gasteiger partial charge in [-0.25, -0.2) is 0 Å². The summed E-state index contributed by atoms with van der Waals surface area (Å²) in [7, 11) is 0. The molecule has 2 aliphatic carbocycles.